The molecule has 0 saturated carbocycles. The fourth-order valence-corrected chi connectivity index (χ4v) is 5.19. The number of ether oxygens (including phenoxy) is 3. The molecule has 15 heteroatoms. The van der Waals surface area contributed by atoms with Gasteiger partial charge in [0, 0.05) is 16.7 Å². The summed E-state index contributed by atoms with van der Waals surface area (Å²) in [6.07, 6.45) is 0. The van der Waals surface area contributed by atoms with E-state index >= 15 is 0 Å². The lowest BCUT2D eigenvalue weighted by Crippen LogP contribution is -2.04. The molecule has 0 atom stereocenters. The summed E-state index contributed by atoms with van der Waals surface area (Å²) in [5.74, 6) is 3.72. The van der Waals surface area contributed by atoms with Gasteiger partial charge < -0.3 is 14.2 Å². The van der Waals surface area contributed by atoms with Crippen LogP contribution < -0.4 is 14.2 Å². The van der Waals surface area contributed by atoms with Gasteiger partial charge in [-0.25, -0.2) is 0 Å². The van der Waals surface area contributed by atoms with E-state index in [9.17, 15) is 0 Å². The molecule has 7 rings (SSSR count). The molecule has 0 amide bonds. The molecule has 240 valence electrons. The molecule has 0 fully saturated rings. The minimum atomic E-state index is 0.488. The van der Waals surface area contributed by atoms with Crippen LogP contribution in [0.2, 0.25) is 0 Å². The van der Waals surface area contributed by atoms with Crippen molar-refractivity contribution in [3.8, 4) is 68.5 Å². The van der Waals surface area contributed by atoms with Crippen LogP contribution >= 0.6 is 0 Å². The van der Waals surface area contributed by atoms with E-state index in [1.54, 1.807) is 14.0 Å². The van der Waals surface area contributed by atoms with E-state index in [1.165, 1.54) is 0 Å². The van der Waals surface area contributed by atoms with Crippen LogP contribution in [-0.4, -0.2) is 80.4 Å². The Morgan fingerprint density at radius 1 is 0.417 bits per heavy atom. The summed E-state index contributed by atoms with van der Waals surface area (Å²) in [6, 6.07) is 28.4. The molecule has 0 N–H and O–H groups in total. The first-order valence-electron chi connectivity index (χ1n) is 15.4. The molecule has 0 aliphatic heterocycles. The van der Waals surface area contributed by atoms with Crippen LogP contribution in [0.5, 0.6) is 17.2 Å². The minimum Gasteiger partial charge on any atom is -0.494 e. The third-order valence-corrected chi connectivity index (χ3v) is 7.29. The number of hydrogen-bond acceptors (Lipinski definition) is 12. The van der Waals surface area contributed by atoms with Crippen molar-refractivity contribution in [2.24, 2.45) is 0 Å². The molecule has 0 saturated heterocycles. The first-order chi connectivity index (χ1) is 23.6. The molecule has 48 heavy (non-hydrogen) atoms. The van der Waals surface area contributed by atoms with Gasteiger partial charge in [-0.2, -0.15) is 14.0 Å². The Morgan fingerprint density at radius 3 is 0.938 bits per heavy atom. The lowest BCUT2D eigenvalue weighted by Gasteiger charge is -2.12. The summed E-state index contributed by atoms with van der Waals surface area (Å²) in [5, 5.41) is 38.2. The topological polar surface area (TPSA) is 158 Å². The van der Waals surface area contributed by atoms with Crippen LogP contribution in [0.4, 0.5) is 0 Å². The first-order valence-corrected chi connectivity index (χ1v) is 15.4. The number of rotatable bonds is 12. The zero-order valence-corrected chi connectivity index (χ0v) is 26.4. The Hall–Kier alpha value is -6.51. The van der Waals surface area contributed by atoms with Crippen molar-refractivity contribution in [2.75, 3.05) is 19.8 Å². The molecule has 0 aliphatic rings. The van der Waals surface area contributed by atoms with Gasteiger partial charge in [0.05, 0.1) is 36.9 Å². The highest BCUT2D eigenvalue weighted by Gasteiger charge is 2.21. The average Bonchev–Trinajstić information content (AvgIpc) is 3.91. The van der Waals surface area contributed by atoms with Crippen LogP contribution in [0.15, 0.2) is 91.0 Å². The molecule has 3 heterocycles. The summed E-state index contributed by atoms with van der Waals surface area (Å²) in [5.41, 5.74) is 4.31. The number of nitrogens with zero attached hydrogens (tertiary/aromatic N) is 12. The second-order valence-corrected chi connectivity index (χ2v) is 10.3. The van der Waals surface area contributed by atoms with E-state index < -0.39 is 0 Å². The predicted molar refractivity (Wildman–Crippen MR) is 174 cm³/mol. The fraction of sp³-hybridized carbons (Fsp3) is 0.182. The van der Waals surface area contributed by atoms with Crippen LogP contribution in [-0.2, 0) is 0 Å². The van der Waals surface area contributed by atoms with Crippen molar-refractivity contribution in [1.29, 1.82) is 0 Å². The summed E-state index contributed by atoms with van der Waals surface area (Å²) < 4.78 is 21.8. The lowest BCUT2D eigenvalue weighted by molar-refractivity contribution is 0.340. The number of aromatic nitrogens is 12. The number of tetrazole rings is 3. The molecule has 4 aromatic carbocycles. The van der Waals surface area contributed by atoms with Gasteiger partial charge in [0.2, 0.25) is 0 Å². The molecule has 0 bridgehead atoms. The maximum Gasteiger partial charge on any atom is 0.187 e. The summed E-state index contributed by atoms with van der Waals surface area (Å²) in [6.45, 7) is 7.52. The maximum atomic E-state index is 5.62. The maximum absolute atomic E-state index is 5.62. The zero-order chi connectivity index (χ0) is 32.9. The monoisotopic (exact) mass is 642 g/mol. The van der Waals surface area contributed by atoms with E-state index in [-0.39, 0.29) is 0 Å². The van der Waals surface area contributed by atoms with E-state index in [0.717, 1.165) is 34.3 Å². The van der Waals surface area contributed by atoms with Crippen molar-refractivity contribution >= 4 is 0 Å². The molecule has 0 spiro atoms. The summed E-state index contributed by atoms with van der Waals surface area (Å²) >= 11 is 0. The van der Waals surface area contributed by atoms with Gasteiger partial charge in [-0.15, -0.1) is 15.3 Å². The number of hydrogen-bond donors (Lipinski definition) is 0. The van der Waals surface area contributed by atoms with Crippen molar-refractivity contribution in [3.63, 3.8) is 0 Å². The molecule has 15 nitrogen and oxygen atoms in total. The average molecular weight is 643 g/mol. The predicted octanol–water partition coefficient (Wildman–Crippen LogP) is 4.81. The highest BCUT2D eigenvalue weighted by molar-refractivity contribution is 5.76. The van der Waals surface area contributed by atoms with Gasteiger partial charge in [0.15, 0.2) is 17.5 Å². The Labute approximate surface area is 274 Å². The normalized spacial score (nSPS) is 11.1. The van der Waals surface area contributed by atoms with E-state index in [4.69, 9.17) is 14.2 Å². The van der Waals surface area contributed by atoms with Crippen LogP contribution in [0.3, 0.4) is 0 Å². The SMILES string of the molecule is CCOc1ccc(-n2nnnc2-c2cc(-c3nnnn3-c3ccc(OCC)cc3)cc(-c3nnnn3-c3ccc(OCC)cc3)c2)cc1. The van der Waals surface area contributed by atoms with Crippen molar-refractivity contribution in [3.05, 3.63) is 91.0 Å². The van der Waals surface area contributed by atoms with Gasteiger partial charge >= 0.3 is 0 Å². The second-order valence-electron chi connectivity index (χ2n) is 10.3. The van der Waals surface area contributed by atoms with E-state index in [0.29, 0.717) is 54.0 Å². The van der Waals surface area contributed by atoms with Crippen LogP contribution in [0, 0.1) is 0 Å². The lowest BCUT2D eigenvalue weighted by atomic mass is 10.0. The quantitative estimate of drug-likeness (QED) is 0.179. The highest BCUT2D eigenvalue weighted by Crippen LogP contribution is 2.33. The fourth-order valence-electron chi connectivity index (χ4n) is 5.19. The largest absolute Gasteiger partial charge is 0.494 e. The molecule has 3 aromatic heterocycles. The zero-order valence-electron chi connectivity index (χ0n) is 26.4. The minimum absolute atomic E-state index is 0.488. The van der Waals surface area contributed by atoms with Crippen LogP contribution in [0.1, 0.15) is 20.8 Å². The number of benzene rings is 4. The second kappa shape index (κ2) is 13.5. The Bertz CT molecular complexity index is 1870. The summed E-state index contributed by atoms with van der Waals surface area (Å²) in [4.78, 5) is 0. The van der Waals surface area contributed by atoms with Gasteiger partial charge in [0.25, 0.3) is 0 Å². The Morgan fingerprint density at radius 2 is 0.688 bits per heavy atom. The molecular formula is C33H30N12O3. The van der Waals surface area contributed by atoms with Gasteiger partial charge in [-0.05, 0) is 143 Å². The Balaban J connectivity index is 1.36. The molecular weight excluding hydrogens is 612 g/mol. The third-order valence-electron chi connectivity index (χ3n) is 7.29. The molecule has 0 aliphatic carbocycles. The van der Waals surface area contributed by atoms with E-state index in [2.05, 4.69) is 46.6 Å². The molecule has 7 aromatic rings. The van der Waals surface area contributed by atoms with Gasteiger partial charge in [-0.3, -0.25) is 0 Å². The van der Waals surface area contributed by atoms with Crippen molar-refractivity contribution < 1.29 is 14.2 Å². The summed E-state index contributed by atoms with van der Waals surface area (Å²) in [7, 11) is 0. The van der Waals surface area contributed by atoms with Crippen molar-refractivity contribution in [2.45, 2.75) is 20.8 Å². The van der Waals surface area contributed by atoms with Gasteiger partial charge in [-0.1, -0.05) is 0 Å². The molecule has 0 unspecified atom stereocenters. The van der Waals surface area contributed by atoms with Crippen LogP contribution in [0.25, 0.3) is 51.2 Å². The standard InChI is InChI=1S/C33H30N12O3/c1-4-46-28-13-7-25(8-14-28)43-31(34-37-40-43)22-19-23(32-35-38-41-44(32)26-9-15-29(16-10-26)47-5-2)21-24(20-22)33-36-39-42-45(33)27-11-17-30(18-12-27)48-6-3/h7-21H,4-6H2,1-3H3. The smallest absolute Gasteiger partial charge is 0.187 e. The first kappa shape index (κ1) is 30.2. The third kappa shape index (κ3) is 6.03. The highest BCUT2D eigenvalue weighted by atomic mass is 16.5. The van der Waals surface area contributed by atoms with Gasteiger partial charge in [0.1, 0.15) is 17.2 Å². The Kier molecular flexibility index (Phi) is 8.46. The van der Waals surface area contributed by atoms with E-state index in [1.807, 2.05) is 112 Å². The van der Waals surface area contributed by atoms with Crippen molar-refractivity contribution in [1.82, 2.24) is 60.6 Å². The molecule has 0 radical (unpaired) electrons.